The van der Waals surface area contributed by atoms with Crippen LogP contribution >= 0.6 is 0 Å². The second kappa shape index (κ2) is 6.10. The lowest BCUT2D eigenvalue weighted by Crippen LogP contribution is -2.25. The molecule has 0 radical (unpaired) electrons. The molecule has 108 valence electrons. The standard InChI is InChI=1S/C18H20N2O/c1-2-13-6-3-4-8-15(13)18(21)20-17-9-5-7-14-10-11-19-12-16(14)17/h3-9,19H,2,10-12H2,1H3,(H,20,21). The lowest BCUT2D eigenvalue weighted by atomic mass is 9.98. The second-order valence-electron chi connectivity index (χ2n) is 5.33. The summed E-state index contributed by atoms with van der Waals surface area (Å²) in [4.78, 5) is 12.5. The van der Waals surface area contributed by atoms with E-state index in [0.717, 1.165) is 42.7 Å². The third-order valence-electron chi connectivity index (χ3n) is 4.04. The molecule has 0 aliphatic carbocycles. The number of aryl methyl sites for hydroxylation is 1. The number of rotatable bonds is 3. The molecule has 1 aliphatic rings. The first-order chi connectivity index (χ1) is 10.3. The predicted molar refractivity (Wildman–Crippen MR) is 85.6 cm³/mol. The van der Waals surface area contributed by atoms with Crippen molar-refractivity contribution < 1.29 is 4.79 Å². The molecule has 0 saturated heterocycles. The van der Waals surface area contributed by atoms with E-state index in [1.54, 1.807) is 0 Å². The molecule has 21 heavy (non-hydrogen) atoms. The fourth-order valence-electron chi connectivity index (χ4n) is 2.87. The number of carbonyl (C=O) groups excluding carboxylic acids is 1. The Balaban J connectivity index is 1.88. The van der Waals surface area contributed by atoms with Gasteiger partial charge in [0.25, 0.3) is 5.91 Å². The van der Waals surface area contributed by atoms with Gasteiger partial charge in [0.15, 0.2) is 0 Å². The smallest absolute Gasteiger partial charge is 0.255 e. The zero-order valence-corrected chi connectivity index (χ0v) is 12.3. The van der Waals surface area contributed by atoms with Crippen LogP contribution in [0.3, 0.4) is 0 Å². The van der Waals surface area contributed by atoms with Gasteiger partial charge in [-0.1, -0.05) is 37.3 Å². The van der Waals surface area contributed by atoms with Crippen LogP contribution in [0, 0.1) is 0 Å². The highest BCUT2D eigenvalue weighted by Gasteiger charge is 2.15. The molecule has 0 spiro atoms. The molecule has 0 atom stereocenters. The van der Waals surface area contributed by atoms with Crippen LogP contribution in [0.5, 0.6) is 0 Å². The summed E-state index contributed by atoms with van der Waals surface area (Å²) in [5.41, 5.74) is 5.32. The average Bonchev–Trinajstić information content (AvgIpc) is 2.55. The molecule has 3 rings (SSSR count). The Morgan fingerprint density at radius 2 is 2.05 bits per heavy atom. The summed E-state index contributed by atoms with van der Waals surface area (Å²) < 4.78 is 0. The highest BCUT2D eigenvalue weighted by molar-refractivity contribution is 6.05. The summed E-state index contributed by atoms with van der Waals surface area (Å²) >= 11 is 0. The van der Waals surface area contributed by atoms with Crippen molar-refractivity contribution in [1.29, 1.82) is 0 Å². The molecule has 0 saturated carbocycles. The van der Waals surface area contributed by atoms with Crippen LogP contribution in [0.2, 0.25) is 0 Å². The Kier molecular flexibility index (Phi) is 4.02. The number of nitrogens with one attached hydrogen (secondary N) is 2. The fraction of sp³-hybridized carbons (Fsp3) is 0.278. The number of hydrogen-bond donors (Lipinski definition) is 2. The molecule has 2 aromatic carbocycles. The zero-order chi connectivity index (χ0) is 14.7. The van der Waals surface area contributed by atoms with E-state index in [-0.39, 0.29) is 5.91 Å². The van der Waals surface area contributed by atoms with Crippen LogP contribution in [-0.4, -0.2) is 12.5 Å². The molecule has 2 aromatic rings. The van der Waals surface area contributed by atoms with Crippen molar-refractivity contribution in [2.24, 2.45) is 0 Å². The molecule has 3 heteroatoms. The largest absolute Gasteiger partial charge is 0.322 e. The molecule has 1 aliphatic heterocycles. The topological polar surface area (TPSA) is 41.1 Å². The molecule has 0 aromatic heterocycles. The third kappa shape index (κ3) is 2.83. The van der Waals surface area contributed by atoms with E-state index in [9.17, 15) is 4.79 Å². The van der Waals surface area contributed by atoms with Crippen LogP contribution < -0.4 is 10.6 Å². The lowest BCUT2D eigenvalue weighted by Gasteiger charge is -2.21. The van der Waals surface area contributed by atoms with Crippen molar-refractivity contribution in [3.63, 3.8) is 0 Å². The van der Waals surface area contributed by atoms with Crippen molar-refractivity contribution in [3.8, 4) is 0 Å². The quantitative estimate of drug-likeness (QED) is 0.907. The van der Waals surface area contributed by atoms with E-state index in [1.807, 2.05) is 36.4 Å². The van der Waals surface area contributed by atoms with Crippen molar-refractivity contribution in [2.75, 3.05) is 11.9 Å². The Hall–Kier alpha value is -2.13. The van der Waals surface area contributed by atoms with Crippen LogP contribution in [0.1, 0.15) is 34.0 Å². The van der Waals surface area contributed by atoms with E-state index >= 15 is 0 Å². The Labute approximate surface area is 125 Å². The molecule has 0 bridgehead atoms. The van der Waals surface area contributed by atoms with Gasteiger partial charge in [-0.15, -0.1) is 0 Å². The van der Waals surface area contributed by atoms with E-state index < -0.39 is 0 Å². The number of anilines is 1. The maximum atomic E-state index is 12.5. The summed E-state index contributed by atoms with van der Waals surface area (Å²) in [6, 6.07) is 13.9. The monoisotopic (exact) mass is 280 g/mol. The van der Waals surface area contributed by atoms with Crippen molar-refractivity contribution in [1.82, 2.24) is 5.32 Å². The first kappa shape index (κ1) is 13.8. The van der Waals surface area contributed by atoms with Gasteiger partial charge in [0.05, 0.1) is 0 Å². The van der Waals surface area contributed by atoms with Gasteiger partial charge >= 0.3 is 0 Å². The molecule has 0 fully saturated rings. The SMILES string of the molecule is CCc1ccccc1C(=O)Nc1cccc2c1CNCC2. The van der Waals surface area contributed by atoms with Crippen LogP contribution in [0.25, 0.3) is 0 Å². The Morgan fingerprint density at radius 1 is 1.19 bits per heavy atom. The highest BCUT2D eigenvalue weighted by Crippen LogP contribution is 2.24. The van der Waals surface area contributed by atoms with E-state index in [0.29, 0.717) is 0 Å². The van der Waals surface area contributed by atoms with Crippen LogP contribution in [-0.2, 0) is 19.4 Å². The fourth-order valence-corrected chi connectivity index (χ4v) is 2.87. The molecule has 3 nitrogen and oxygen atoms in total. The minimum atomic E-state index is -0.0218. The third-order valence-corrected chi connectivity index (χ3v) is 4.04. The van der Waals surface area contributed by atoms with Gasteiger partial charge in [-0.05, 0) is 48.2 Å². The highest BCUT2D eigenvalue weighted by atomic mass is 16.1. The first-order valence-electron chi connectivity index (χ1n) is 7.50. The Morgan fingerprint density at radius 3 is 2.90 bits per heavy atom. The maximum absolute atomic E-state index is 12.5. The first-order valence-corrected chi connectivity index (χ1v) is 7.50. The van der Waals surface area contributed by atoms with E-state index in [2.05, 4.69) is 23.6 Å². The molecular formula is C18H20N2O. The predicted octanol–water partition coefficient (Wildman–Crippen LogP) is 3.15. The van der Waals surface area contributed by atoms with Gasteiger partial charge in [-0.2, -0.15) is 0 Å². The molecule has 1 amide bonds. The summed E-state index contributed by atoms with van der Waals surface area (Å²) in [5.74, 6) is -0.0218. The summed E-state index contributed by atoms with van der Waals surface area (Å²) in [5, 5.41) is 6.45. The summed E-state index contributed by atoms with van der Waals surface area (Å²) in [6.45, 7) is 3.89. The lowest BCUT2D eigenvalue weighted by molar-refractivity contribution is 0.102. The summed E-state index contributed by atoms with van der Waals surface area (Å²) in [7, 11) is 0. The van der Waals surface area contributed by atoms with Gasteiger partial charge in [-0.3, -0.25) is 4.79 Å². The molecule has 1 heterocycles. The van der Waals surface area contributed by atoms with Gasteiger partial charge in [-0.25, -0.2) is 0 Å². The summed E-state index contributed by atoms with van der Waals surface area (Å²) in [6.07, 6.45) is 1.88. The number of amides is 1. The minimum absolute atomic E-state index is 0.0218. The molecule has 0 unspecified atom stereocenters. The number of benzene rings is 2. The number of fused-ring (bicyclic) bond motifs is 1. The Bertz CT molecular complexity index is 664. The molecular weight excluding hydrogens is 260 g/mol. The number of carbonyl (C=O) groups is 1. The van der Waals surface area contributed by atoms with Crippen molar-refractivity contribution >= 4 is 11.6 Å². The second-order valence-corrected chi connectivity index (χ2v) is 5.33. The van der Waals surface area contributed by atoms with Gasteiger partial charge < -0.3 is 10.6 Å². The normalized spacial score (nSPS) is 13.6. The van der Waals surface area contributed by atoms with Crippen molar-refractivity contribution in [3.05, 3.63) is 64.7 Å². The van der Waals surface area contributed by atoms with Gasteiger partial charge in [0.2, 0.25) is 0 Å². The zero-order valence-electron chi connectivity index (χ0n) is 12.3. The minimum Gasteiger partial charge on any atom is -0.322 e. The van der Waals surface area contributed by atoms with Crippen molar-refractivity contribution in [2.45, 2.75) is 26.3 Å². The average molecular weight is 280 g/mol. The molecule has 2 N–H and O–H groups in total. The van der Waals surface area contributed by atoms with Crippen LogP contribution in [0.15, 0.2) is 42.5 Å². The van der Waals surface area contributed by atoms with Gasteiger partial charge in [0.1, 0.15) is 0 Å². The van der Waals surface area contributed by atoms with E-state index in [4.69, 9.17) is 0 Å². The number of hydrogen-bond acceptors (Lipinski definition) is 2. The van der Waals surface area contributed by atoms with E-state index in [1.165, 1.54) is 11.1 Å². The maximum Gasteiger partial charge on any atom is 0.255 e. The van der Waals surface area contributed by atoms with Gasteiger partial charge in [0, 0.05) is 17.8 Å². The van der Waals surface area contributed by atoms with Crippen LogP contribution in [0.4, 0.5) is 5.69 Å².